The minimum Gasteiger partial charge on any atom is -0.484 e. The Morgan fingerprint density at radius 3 is 1.98 bits per heavy atom. The lowest BCUT2D eigenvalue weighted by Crippen LogP contribution is -2.61. The second-order valence-corrected chi connectivity index (χ2v) is 11.8. The van der Waals surface area contributed by atoms with Crippen LogP contribution in [0.3, 0.4) is 0 Å². The topological polar surface area (TPSA) is 77.4 Å². The molecule has 0 aliphatic carbocycles. The van der Waals surface area contributed by atoms with Crippen LogP contribution >= 0.6 is 11.6 Å². The number of alkyl halides is 3. The zero-order valence-electron chi connectivity index (χ0n) is 25.0. The zero-order chi connectivity index (χ0) is 32.6. The van der Waals surface area contributed by atoms with Crippen LogP contribution in [0.2, 0.25) is 5.02 Å². The van der Waals surface area contributed by atoms with Crippen LogP contribution in [0.4, 0.5) is 13.2 Å². The molecular formula is C36H36ClF3O6. The highest BCUT2D eigenvalue weighted by Crippen LogP contribution is 2.42. The molecule has 4 aromatic rings. The molecule has 0 radical (unpaired) electrons. The van der Waals surface area contributed by atoms with E-state index in [4.69, 9.17) is 30.5 Å². The fourth-order valence-electron chi connectivity index (χ4n) is 5.55. The summed E-state index contributed by atoms with van der Waals surface area (Å²) < 4.78 is 61.7. The van der Waals surface area contributed by atoms with Gasteiger partial charge >= 0.3 is 6.18 Å². The molecule has 1 aliphatic heterocycles. The third-order valence-electron chi connectivity index (χ3n) is 7.96. The van der Waals surface area contributed by atoms with Crippen LogP contribution in [-0.4, -0.2) is 54.0 Å². The van der Waals surface area contributed by atoms with Gasteiger partial charge in [-0.3, -0.25) is 0 Å². The number of rotatable bonds is 13. The number of hydrogen-bond donors (Lipinski definition) is 2. The third kappa shape index (κ3) is 8.88. The number of hydrogen-bond acceptors (Lipinski definition) is 6. The van der Waals surface area contributed by atoms with Crippen molar-refractivity contribution in [2.45, 2.75) is 56.1 Å². The van der Waals surface area contributed by atoms with Gasteiger partial charge in [0, 0.05) is 11.4 Å². The Kier molecular flexibility index (Phi) is 11.4. The Labute approximate surface area is 271 Å². The Morgan fingerprint density at radius 2 is 1.39 bits per heavy atom. The van der Waals surface area contributed by atoms with Crippen LogP contribution < -0.4 is 4.74 Å². The van der Waals surface area contributed by atoms with Gasteiger partial charge in [0.2, 0.25) is 0 Å². The lowest BCUT2D eigenvalue weighted by molar-refractivity contribution is -0.278. The quantitative estimate of drug-likeness (QED) is 0.158. The van der Waals surface area contributed by atoms with E-state index in [1.807, 2.05) is 72.8 Å². The first-order chi connectivity index (χ1) is 22.2. The molecule has 0 saturated carbocycles. The van der Waals surface area contributed by atoms with E-state index in [1.165, 1.54) is 12.1 Å². The Balaban J connectivity index is 1.38. The zero-order valence-corrected chi connectivity index (χ0v) is 25.8. The van der Waals surface area contributed by atoms with Gasteiger partial charge in [0.15, 0.2) is 6.61 Å². The molecule has 1 saturated heterocycles. The first-order valence-corrected chi connectivity index (χ1v) is 15.3. The van der Waals surface area contributed by atoms with Crippen LogP contribution in [0.25, 0.3) is 0 Å². The fraction of sp³-hybridized carbons (Fsp3) is 0.333. The first-order valence-electron chi connectivity index (χ1n) is 15.0. The molecule has 4 aromatic carbocycles. The molecule has 46 heavy (non-hydrogen) atoms. The Morgan fingerprint density at radius 1 is 0.783 bits per heavy atom. The average molecular weight is 657 g/mol. The van der Waals surface area contributed by atoms with Crippen LogP contribution in [0.1, 0.15) is 40.3 Å². The summed E-state index contributed by atoms with van der Waals surface area (Å²) in [6.07, 6.45) is -5.55. The van der Waals surface area contributed by atoms with Crippen molar-refractivity contribution >= 4 is 11.6 Å². The molecule has 0 aromatic heterocycles. The van der Waals surface area contributed by atoms with E-state index in [0.29, 0.717) is 24.5 Å². The van der Waals surface area contributed by atoms with Gasteiger partial charge in [0.05, 0.1) is 38.6 Å². The smallest absolute Gasteiger partial charge is 0.422 e. The van der Waals surface area contributed by atoms with Gasteiger partial charge in [0.1, 0.15) is 17.5 Å². The molecule has 2 N–H and O–H groups in total. The van der Waals surface area contributed by atoms with Gasteiger partial charge in [-0.1, -0.05) is 96.5 Å². The predicted molar refractivity (Wildman–Crippen MR) is 168 cm³/mol. The first kappa shape index (κ1) is 33.9. The molecule has 10 heteroatoms. The molecular weight excluding hydrogens is 621 g/mol. The molecule has 244 valence electrons. The predicted octanol–water partition coefficient (Wildman–Crippen LogP) is 7.23. The SMILES string of the molecule is OCC1(CO)OC(c2ccc(Cl)c(Cc3ccc(OCC(F)(F)F)cc3)c2)CC(OCc2ccccc2)[C@@H]1OCc1ccccc1. The van der Waals surface area contributed by atoms with Crippen molar-refractivity contribution < 1.29 is 42.3 Å². The van der Waals surface area contributed by atoms with Gasteiger partial charge in [0.25, 0.3) is 0 Å². The number of aliphatic hydroxyl groups is 2. The maximum atomic E-state index is 12.5. The van der Waals surface area contributed by atoms with E-state index in [1.54, 1.807) is 18.2 Å². The van der Waals surface area contributed by atoms with E-state index in [2.05, 4.69) is 0 Å². The van der Waals surface area contributed by atoms with E-state index < -0.39 is 49.9 Å². The van der Waals surface area contributed by atoms with Gasteiger partial charge in [-0.05, 0) is 52.4 Å². The second-order valence-electron chi connectivity index (χ2n) is 11.4. The average Bonchev–Trinajstić information content (AvgIpc) is 3.07. The molecule has 1 fully saturated rings. The van der Waals surface area contributed by atoms with Crippen molar-refractivity contribution in [3.8, 4) is 5.75 Å². The summed E-state index contributed by atoms with van der Waals surface area (Å²) >= 11 is 6.58. The van der Waals surface area contributed by atoms with Crippen molar-refractivity contribution in [2.24, 2.45) is 0 Å². The van der Waals surface area contributed by atoms with Gasteiger partial charge in [-0.2, -0.15) is 13.2 Å². The highest BCUT2D eigenvalue weighted by atomic mass is 35.5. The lowest BCUT2D eigenvalue weighted by Gasteiger charge is -2.48. The lowest BCUT2D eigenvalue weighted by atomic mass is 9.84. The number of halogens is 4. The van der Waals surface area contributed by atoms with Gasteiger partial charge in [-0.25, -0.2) is 0 Å². The van der Waals surface area contributed by atoms with E-state index >= 15 is 0 Å². The summed E-state index contributed by atoms with van der Waals surface area (Å²) in [4.78, 5) is 0. The molecule has 1 aliphatic rings. The van der Waals surface area contributed by atoms with Crippen molar-refractivity contribution in [3.05, 3.63) is 136 Å². The summed E-state index contributed by atoms with van der Waals surface area (Å²) in [5.41, 5.74) is 2.79. The highest BCUT2D eigenvalue weighted by Gasteiger charge is 2.51. The maximum absolute atomic E-state index is 12.5. The van der Waals surface area contributed by atoms with Crippen molar-refractivity contribution in [1.29, 1.82) is 0 Å². The van der Waals surface area contributed by atoms with E-state index in [9.17, 15) is 23.4 Å². The van der Waals surface area contributed by atoms with Gasteiger partial charge in [-0.15, -0.1) is 0 Å². The Hall–Kier alpha value is -3.44. The van der Waals surface area contributed by atoms with Crippen LogP contribution in [0.5, 0.6) is 5.75 Å². The number of aliphatic hydroxyl groups excluding tert-OH is 2. The summed E-state index contributed by atoms with van der Waals surface area (Å²) in [7, 11) is 0. The van der Waals surface area contributed by atoms with Crippen molar-refractivity contribution in [3.63, 3.8) is 0 Å². The normalized spacial score (nSPS) is 19.6. The molecule has 0 spiro atoms. The van der Waals surface area contributed by atoms with Gasteiger partial charge < -0.3 is 29.2 Å². The molecule has 1 heterocycles. The molecule has 2 unspecified atom stereocenters. The van der Waals surface area contributed by atoms with Crippen LogP contribution in [-0.2, 0) is 33.8 Å². The summed E-state index contributed by atoms with van der Waals surface area (Å²) in [6.45, 7) is -1.84. The summed E-state index contributed by atoms with van der Waals surface area (Å²) in [5, 5.41) is 21.8. The summed E-state index contributed by atoms with van der Waals surface area (Å²) in [6, 6.07) is 31.2. The maximum Gasteiger partial charge on any atom is 0.422 e. The Bertz CT molecular complexity index is 1510. The monoisotopic (exact) mass is 656 g/mol. The largest absolute Gasteiger partial charge is 0.484 e. The van der Waals surface area contributed by atoms with E-state index in [-0.39, 0.29) is 12.4 Å². The number of ether oxygens (including phenoxy) is 4. The molecule has 5 rings (SSSR count). The van der Waals surface area contributed by atoms with Crippen molar-refractivity contribution in [2.75, 3.05) is 19.8 Å². The summed E-state index contributed by atoms with van der Waals surface area (Å²) in [5.74, 6) is 0.117. The molecule has 3 atom stereocenters. The van der Waals surface area contributed by atoms with E-state index in [0.717, 1.165) is 27.8 Å². The standard InChI is InChI=1S/C36H36ClF3O6/c37-31-16-13-28(18-29(31)17-25-11-14-30(15-12-25)45-24-36(38,39)40)32-19-33(43-20-26-7-3-1-4-8-26)34(35(22-41,23-42)46-32)44-21-27-9-5-2-6-10-27/h1-16,18,32-34,41-42H,17,19-24H2/t32?,33?,34-/m0/s1. The minimum atomic E-state index is -4.42. The van der Waals surface area contributed by atoms with Crippen molar-refractivity contribution in [1.82, 2.24) is 0 Å². The minimum absolute atomic E-state index is 0.117. The van der Waals surface area contributed by atoms with Crippen LogP contribution in [0, 0.1) is 0 Å². The molecule has 0 amide bonds. The second kappa shape index (κ2) is 15.4. The molecule has 0 bridgehead atoms. The third-order valence-corrected chi connectivity index (χ3v) is 8.32. The fourth-order valence-corrected chi connectivity index (χ4v) is 5.74. The highest BCUT2D eigenvalue weighted by molar-refractivity contribution is 6.31. The number of benzene rings is 4. The van der Waals surface area contributed by atoms with Crippen LogP contribution in [0.15, 0.2) is 103 Å². The molecule has 6 nitrogen and oxygen atoms in total.